The molecule has 2 rings (SSSR count). The third-order valence-electron chi connectivity index (χ3n) is 3.31. The monoisotopic (exact) mass is 301 g/mol. The standard InChI is InChI=1S/C16H23N5O/c1-13-12-15(20-16(19-13)18-9-11-22-3)21(2)10-6-14-4-7-17-8-5-14/h4-5,7-8,12H,6,9-11H2,1-3H3,(H,18,19,20). The third kappa shape index (κ3) is 4.96. The van der Waals surface area contributed by atoms with Crippen LogP contribution >= 0.6 is 0 Å². The minimum Gasteiger partial charge on any atom is -0.383 e. The van der Waals surface area contributed by atoms with Crippen LogP contribution in [0.2, 0.25) is 0 Å². The van der Waals surface area contributed by atoms with Gasteiger partial charge in [0, 0.05) is 51.4 Å². The van der Waals surface area contributed by atoms with E-state index >= 15 is 0 Å². The zero-order chi connectivity index (χ0) is 15.8. The number of aryl methyl sites for hydroxylation is 1. The second-order valence-electron chi connectivity index (χ2n) is 5.14. The fraction of sp³-hybridized carbons (Fsp3) is 0.438. The second kappa shape index (κ2) is 8.29. The van der Waals surface area contributed by atoms with Crippen LogP contribution in [0, 0.1) is 6.92 Å². The van der Waals surface area contributed by atoms with Gasteiger partial charge in [-0.15, -0.1) is 0 Å². The number of methoxy groups -OCH3 is 1. The van der Waals surface area contributed by atoms with Crippen LogP contribution in [0.3, 0.4) is 0 Å². The molecule has 0 aliphatic heterocycles. The van der Waals surface area contributed by atoms with Gasteiger partial charge in [-0.25, -0.2) is 4.98 Å². The third-order valence-corrected chi connectivity index (χ3v) is 3.31. The quantitative estimate of drug-likeness (QED) is 0.752. The highest BCUT2D eigenvalue weighted by molar-refractivity contribution is 5.44. The molecule has 22 heavy (non-hydrogen) atoms. The second-order valence-corrected chi connectivity index (χ2v) is 5.14. The Morgan fingerprint density at radius 3 is 2.73 bits per heavy atom. The van der Waals surface area contributed by atoms with E-state index in [9.17, 15) is 0 Å². The molecule has 0 saturated heterocycles. The zero-order valence-corrected chi connectivity index (χ0v) is 13.4. The van der Waals surface area contributed by atoms with E-state index in [1.807, 2.05) is 44.6 Å². The van der Waals surface area contributed by atoms with Crippen molar-refractivity contribution in [2.24, 2.45) is 0 Å². The van der Waals surface area contributed by atoms with Gasteiger partial charge in [0.2, 0.25) is 5.95 Å². The normalized spacial score (nSPS) is 10.5. The van der Waals surface area contributed by atoms with Crippen LogP contribution in [-0.2, 0) is 11.2 Å². The average Bonchev–Trinajstić information content (AvgIpc) is 2.53. The number of anilines is 2. The lowest BCUT2D eigenvalue weighted by Gasteiger charge is -2.19. The fourth-order valence-corrected chi connectivity index (χ4v) is 2.05. The molecule has 2 aromatic rings. The molecule has 0 aromatic carbocycles. The molecule has 6 nitrogen and oxygen atoms in total. The van der Waals surface area contributed by atoms with Crippen molar-refractivity contribution in [3.63, 3.8) is 0 Å². The molecule has 0 radical (unpaired) electrons. The summed E-state index contributed by atoms with van der Waals surface area (Å²) in [6, 6.07) is 6.07. The van der Waals surface area contributed by atoms with Gasteiger partial charge in [0.25, 0.3) is 0 Å². The Morgan fingerprint density at radius 2 is 2.00 bits per heavy atom. The molecule has 0 atom stereocenters. The number of likely N-dealkylation sites (N-methyl/N-ethyl adjacent to an activating group) is 1. The van der Waals surface area contributed by atoms with E-state index in [-0.39, 0.29) is 0 Å². The summed E-state index contributed by atoms with van der Waals surface area (Å²) in [6.07, 6.45) is 4.60. The van der Waals surface area contributed by atoms with Gasteiger partial charge in [0.1, 0.15) is 5.82 Å². The molecule has 2 aromatic heterocycles. The predicted octanol–water partition coefficient (Wildman–Crippen LogP) is 1.92. The van der Waals surface area contributed by atoms with Crippen LogP contribution < -0.4 is 10.2 Å². The summed E-state index contributed by atoms with van der Waals surface area (Å²) in [5.74, 6) is 1.56. The van der Waals surface area contributed by atoms with Crippen LogP contribution in [-0.4, -0.2) is 48.8 Å². The Kier molecular flexibility index (Phi) is 6.09. The van der Waals surface area contributed by atoms with Crippen LogP contribution in [0.25, 0.3) is 0 Å². The summed E-state index contributed by atoms with van der Waals surface area (Å²) >= 11 is 0. The van der Waals surface area contributed by atoms with Gasteiger partial charge in [-0.3, -0.25) is 4.98 Å². The summed E-state index contributed by atoms with van der Waals surface area (Å²) in [4.78, 5) is 15.1. The highest BCUT2D eigenvalue weighted by Crippen LogP contribution is 2.14. The van der Waals surface area contributed by atoms with Gasteiger partial charge in [-0.2, -0.15) is 4.98 Å². The Morgan fingerprint density at radius 1 is 1.23 bits per heavy atom. The fourth-order valence-electron chi connectivity index (χ4n) is 2.05. The summed E-state index contributed by atoms with van der Waals surface area (Å²) in [5.41, 5.74) is 2.21. The van der Waals surface area contributed by atoms with Crippen molar-refractivity contribution in [1.82, 2.24) is 15.0 Å². The SMILES string of the molecule is COCCNc1nc(C)cc(N(C)CCc2ccncc2)n1. The number of nitrogens with zero attached hydrogens (tertiary/aromatic N) is 4. The van der Waals surface area contributed by atoms with Gasteiger partial charge in [0.05, 0.1) is 6.61 Å². The molecule has 0 bridgehead atoms. The van der Waals surface area contributed by atoms with Gasteiger partial charge < -0.3 is 15.0 Å². The number of rotatable bonds is 8. The number of pyridine rings is 1. The molecule has 2 heterocycles. The molecule has 0 aliphatic rings. The molecule has 0 fully saturated rings. The first kappa shape index (κ1) is 16.2. The van der Waals surface area contributed by atoms with E-state index in [4.69, 9.17) is 4.74 Å². The number of aromatic nitrogens is 3. The van der Waals surface area contributed by atoms with Crippen LogP contribution in [0.5, 0.6) is 0 Å². The molecular weight excluding hydrogens is 278 g/mol. The van der Waals surface area contributed by atoms with E-state index in [0.717, 1.165) is 24.5 Å². The maximum absolute atomic E-state index is 5.03. The number of nitrogens with one attached hydrogen (secondary N) is 1. The van der Waals surface area contributed by atoms with E-state index in [2.05, 4.69) is 25.2 Å². The Hall–Kier alpha value is -2.21. The van der Waals surface area contributed by atoms with Crippen molar-refractivity contribution in [3.8, 4) is 0 Å². The maximum atomic E-state index is 5.03. The molecule has 1 N–H and O–H groups in total. The summed E-state index contributed by atoms with van der Waals surface area (Å²) < 4.78 is 5.03. The molecule has 0 saturated carbocycles. The lowest BCUT2D eigenvalue weighted by molar-refractivity contribution is 0.210. The van der Waals surface area contributed by atoms with Crippen molar-refractivity contribution in [2.75, 3.05) is 44.1 Å². The molecule has 0 aliphatic carbocycles. The van der Waals surface area contributed by atoms with Crippen molar-refractivity contribution in [2.45, 2.75) is 13.3 Å². The van der Waals surface area contributed by atoms with E-state index in [1.165, 1.54) is 5.56 Å². The number of hydrogen-bond donors (Lipinski definition) is 1. The van der Waals surface area contributed by atoms with E-state index in [0.29, 0.717) is 19.1 Å². The Labute approximate surface area is 131 Å². The van der Waals surface area contributed by atoms with Crippen molar-refractivity contribution in [3.05, 3.63) is 41.9 Å². The van der Waals surface area contributed by atoms with Crippen LogP contribution in [0.4, 0.5) is 11.8 Å². The van der Waals surface area contributed by atoms with Gasteiger partial charge >= 0.3 is 0 Å². The first-order chi connectivity index (χ1) is 10.7. The molecular formula is C16H23N5O. The highest BCUT2D eigenvalue weighted by atomic mass is 16.5. The minimum atomic E-state index is 0.629. The Bertz CT molecular complexity index is 576. The Balaban J connectivity index is 1.97. The molecule has 0 amide bonds. The number of ether oxygens (including phenoxy) is 1. The lowest BCUT2D eigenvalue weighted by Crippen LogP contribution is -2.22. The van der Waals surface area contributed by atoms with Gasteiger partial charge in [0.15, 0.2) is 0 Å². The van der Waals surface area contributed by atoms with Crippen LogP contribution in [0.1, 0.15) is 11.3 Å². The number of hydrogen-bond acceptors (Lipinski definition) is 6. The summed E-state index contributed by atoms with van der Waals surface area (Å²) in [7, 11) is 3.72. The zero-order valence-electron chi connectivity index (χ0n) is 13.4. The predicted molar refractivity (Wildman–Crippen MR) is 88.3 cm³/mol. The first-order valence-electron chi connectivity index (χ1n) is 7.37. The maximum Gasteiger partial charge on any atom is 0.224 e. The largest absolute Gasteiger partial charge is 0.383 e. The lowest BCUT2D eigenvalue weighted by atomic mass is 10.2. The summed E-state index contributed by atoms with van der Waals surface area (Å²) in [6.45, 7) is 4.19. The minimum absolute atomic E-state index is 0.629. The average molecular weight is 301 g/mol. The molecule has 0 unspecified atom stereocenters. The van der Waals surface area contributed by atoms with E-state index in [1.54, 1.807) is 7.11 Å². The van der Waals surface area contributed by atoms with Crippen molar-refractivity contribution in [1.29, 1.82) is 0 Å². The van der Waals surface area contributed by atoms with Gasteiger partial charge in [-0.05, 0) is 31.0 Å². The molecule has 6 heteroatoms. The summed E-state index contributed by atoms with van der Waals surface area (Å²) in [5, 5.41) is 3.17. The van der Waals surface area contributed by atoms with Crippen molar-refractivity contribution >= 4 is 11.8 Å². The van der Waals surface area contributed by atoms with Gasteiger partial charge in [-0.1, -0.05) is 0 Å². The molecule has 0 spiro atoms. The molecule has 118 valence electrons. The first-order valence-corrected chi connectivity index (χ1v) is 7.37. The topological polar surface area (TPSA) is 63.2 Å². The van der Waals surface area contributed by atoms with Crippen molar-refractivity contribution < 1.29 is 4.74 Å². The highest BCUT2D eigenvalue weighted by Gasteiger charge is 2.07. The smallest absolute Gasteiger partial charge is 0.224 e. The van der Waals surface area contributed by atoms with E-state index < -0.39 is 0 Å². The van der Waals surface area contributed by atoms with Crippen LogP contribution in [0.15, 0.2) is 30.6 Å².